The van der Waals surface area contributed by atoms with E-state index in [1.807, 2.05) is 26.0 Å². The van der Waals surface area contributed by atoms with Crippen LogP contribution < -0.4 is 0 Å². The lowest BCUT2D eigenvalue weighted by Gasteiger charge is -2.46. The van der Waals surface area contributed by atoms with Gasteiger partial charge >= 0.3 is 11.8 Å². The van der Waals surface area contributed by atoms with E-state index in [1.165, 1.54) is 6.07 Å². The van der Waals surface area contributed by atoms with Crippen molar-refractivity contribution in [3.63, 3.8) is 0 Å². The fourth-order valence-corrected chi connectivity index (χ4v) is 4.89. The number of benzene rings is 1. The molecule has 204 valence electrons. The molecule has 0 N–H and O–H groups in total. The molecule has 1 aliphatic rings. The Morgan fingerprint density at radius 2 is 1.79 bits per heavy atom. The number of aromatic nitrogens is 5. The zero-order valence-electron chi connectivity index (χ0n) is 23.2. The van der Waals surface area contributed by atoms with Gasteiger partial charge in [0.1, 0.15) is 11.5 Å². The quantitative estimate of drug-likeness (QED) is 0.388. The second-order valence-corrected chi connectivity index (χ2v) is 11.7. The van der Waals surface area contributed by atoms with E-state index in [-0.39, 0.29) is 34.6 Å². The van der Waals surface area contributed by atoms with Gasteiger partial charge in [0.15, 0.2) is 5.65 Å². The predicted octanol–water partition coefficient (Wildman–Crippen LogP) is 4.21. The van der Waals surface area contributed by atoms with E-state index < -0.39 is 5.54 Å². The van der Waals surface area contributed by atoms with Gasteiger partial charge in [0, 0.05) is 37.7 Å². The molecule has 1 fully saturated rings. The van der Waals surface area contributed by atoms with Crippen molar-refractivity contribution in [3.8, 4) is 11.3 Å². The fourth-order valence-electron chi connectivity index (χ4n) is 4.89. The van der Waals surface area contributed by atoms with Crippen molar-refractivity contribution >= 4 is 17.5 Å². The largest absolute Gasteiger partial charge is 0.417 e. The molecule has 1 saturated heterocycles. The smallest absolute Gasteiger partial charge is 0.311 e. The van der Waals surface area contributed by atoms with Crippen LogP contribution in [0.25, 0.3) is 16.9 Å². The summed E-state index contributed by atoms with van der Waals surface area (Å²) >= 11 is 0. The summed E-state index contributed by atoms with van der Waals surface area (Å²) in [5.74, 6) is -0.662. The van der Waals surface area contributed by atoms with Gasteiger partial charge in [-0.3, -0.25) is 9.59 Å². The molecule has 0 bridgehead atoms. The van der Waals surface area contributed by atoms with Gasteiger partial charge in [0.25, 0.3) is 5.91 Å². The number of hydrogen-bond donors (Lipinski definition) is 0. The number of carbonyl (C=O) groups excluding carboxylic acids is 2. The number of amides is 2. The molecule has 5 rings (SSSR count). The minimum atomic E-state index is -0.680. The molecule has 4 heterocycles. The number of rotatable bonds is 3. The van der Waals surface area contributed by atoms with Gasteiger partial charge in [-0.05, 0) is 43.9 Å². The molecule has 4 aromatic rings. The minimum Gasteiger partial charge on any atom is -0.417 e. The van der Waals surface area contributed by atoms with Crippen molar-refractivity contribution in [1.29, 1.82) is 0 Å². The highest BCUT2D eigenvalue weighted by atomic mass is 19.1. The first-order valence-electron chi connectivity index (χ1n) is 12.8. The van der Waals surface area contributed by atoms with E-state index in [0.717, 1.165) is 5.56 Å². The maximum Gasteiger partial charge on any atom is 0.311 e. The summed E-state index contributed by atoms with van der Waals surface area (Å²) in [6.45, 7) is 14.2. The lowest BCUT2D eigenvalue weighted by Crippen LogP contribution is -2.62. The Morgan fingerprint density at radius 1 is 1.05 bits per heavy atom. The SMILES string of the molecule is Cc1nnc(C(=O)N2CCN(C(=O)c3cn4nc(-c5ccc(C)c(F)c5)cc(C(C)(C)C)c4n3)C(C)(C)C2)o1. The monoisotopic (exact) mass is 533 g/mol. The molecule has 11 heteroatoms. The van der Waals surface area contributed by atoms with Crippen LogP contribution in [0.2, 0.25) is 0 Å². The second kappa shape index (κ2) is 9.25. The number of fused-ring (bicyclic) bond motifs is 1. The van der Waals surface area contributed by atoms with Crippen LogP contribution in [0.5, 0.6) is 0 Å². The molecule has 2 amide bonds. The maximum atomic E-state index is 14.3. The molecule has 10 nitrogen and oxygen atoms in total. The number of nitrogens with zero attached hydrogens (tertiary/aromatic N) is 7. The molecular formula is C28H32FN7O3. The summed E-state index contributed by atoms with van der Waals surface area (Å²) in [5, 5.41) is 12.3. The topological polar surface area (TPSA) is 110 Å². The molecule has 0 radical (unpaired) electrons. The molecule has 0 unspecified atom stereocenters. The van der Waals surface area contributed by atoms with Gasteiger partial charge in [0.05, 0.1) is 17.4 Å². The molecule has 0 atom stereocenters. The Labute approximate surface area is 225 Å². The van der Waals surface area contributed by atoms with Gasteiger partial charge in [-0.1, -0.05) is 32.9 Å². The average molecular weight is 534 g/mol. The van der Waals surface area contributed by atoms with E-state index in [0.29, 0.717) is 48.0 Å². The van der Waals surface area contributed by atoms with Crippen molar-refractivity contribution in [2.45, 2.75) is 59.4 Å². The highest BCUT2D eigenvalue weighted by molar-refractivity contribution is 5.94. The Balaban J connectivity index is 1.47. The average Bonchev–Trinajstić information content (AvgIpc) is 3.49. The van der Waals surface area contributed by atoms with Gasteiger partial charge in [-0.15, -0.1) is 10.2 Å². The van der Waals surface area contributed by atoms with Crippen LogP contribution in [0.15, 0.2) is 34.9 Å². The summed E-state index contributed by atoms with van der Waals surface area (Å²) in [6.07, 6.45) is 1.62. The highest BCUT2D eigenvalue weighted by Gasteiger charge is 2.40. The summed E-state index contributed by atoms with van der Waals surface area (Å²) in [7, 11) is 0. The van der Waals surface area contributed by atoms with Gasteiger partial charge in [-0.25, -0.2) is 13.9 Å². The van der Waals surface area contributed by atoms with Crippen molar-refractivity contribution in [2.75, 3.05) is 19.6 Å². The molecule has 0 aliphatic carbocycles. The van der Waals surface area contributed by atoms with Gasteiger partial charge in [-0.2, -0.15) is 5.10 Å². The molecule has 39 heavy (non-hydrogen) atoms. The molecule has 1 aliphatic heterocycles. The molecular weight excluding hydrogens is 501 g/mol. The minimum absolute atomic E-state index is 0.0616. The van der Waals surface area contributed by atoms with Crippen LogP contribution in [0.3, 0.4) is 0 Å². The van der Waals surface area contributed by atoms with Gasteiger partial charge < -0.3 is 14.2 Å². The second-order valence-electron chi connectivity index (χ2n) is 11.7. The summed E-state index contributed by atoms with van der Waals surface area (Å²) in [6, 6.07) is 6.94. The standard InChI is InChI=1S/C28H32FN7O3/c1-16-8-9-18(12-20(16)29)21-13-19(27(3,4)5)23-30-22(14-36(23)33-21)25(37)35-11-10-34(15-28(35,6)7)26(38)24-32-31-17(2)39-24/h8-9,12-14H,10-11,15H2,1-7H3. The number of carbonyl (C=O) groups is 2. The normalized spacial score (nSPS) is 15.7. The Morgan fingerprint density at radius 3 is 2.41 bits per heavy atom. The number of aryl methyl sites for hydroxylation is 2. The predicted molar refractivity (Wildman–Crippen MR) is 142 cm³/mol. The van der Waals surface area contributed by atoms with Crippen LogP contribution in [-0.2, 0) is 5.41 Å². The number of imidazole rings is 1. The Kier molecular flexibility index (Phi) is 6.27. The van der Waals surface area contributed by atoms with Crippen molar-refractivity contribution < 1.29 is 18.4 Å². The number of hydrogen-bond acceptors (Lipinski definition) is 7. The summed E-state index contributed by atoms with van der Waals surface area (Å²) < 4.78 is 21.2. The van der Waals surface area contributed by atoms with Crippen LogP contribution >= 0.6 is 0 Å². The van der Waals surface area contributed by atoms with E-state index in [4.69, 9.17) is 9.40 Å². The van der Waals surface area contributed by atoms with Crippen LogP contribution in [0.4, 0.5) is 4.39 Å². The molecule has 0 spiro atoms. The number of halogens is 1. The first kappa shape index (κ1) is 26.5. The fraction of sp³-hybridized carbons (Fsp3) is 0.429. The van der Waals surface area contributed by atoms with Crippen molar-refractivity contribution in [2.24, 2.45) is 0 Å². The van der Waals surface area contributed by atoms with Crippen molar-refractivity contribution in [3.05, 3.63) is 64.9 Å². The summed E-state index contributed by atoms with van der Waals surface area (Å²) in [4.78, 5) is 34.7. The zero-order valence-corrected chi connectivity index (χ0v) is 23.2. The van der Waals surface area contributed by atoms with E-state index in [9.17, 15) is 14.0 Å². The van der Waals surface area contributed by atoms with Crippen LogP contribution in [0.1, 0.15) is 72.8 Å². The Hall–Kier alpha value is -4.15. The first-order valence-corrected chi connectivity index (χ1v) is 12.8. The summed E-state index contributed by atoms with van der Waals surface area (Å²) in [5.41, 5.74) is 2.51. The van der Waals surface area contributed by atoms with E-state index in [2.05, 4.69) is 36.1 Å². The van der Waals surface area contributed by atoms with Gasteiger partial charge in [0.2, 0.25) is 5.89 Å². The Bertz CT molecular complexity index is 1600. The first-order chi connectivity index (χ1) is 18.2. The third-order valence-corrected chi connectivity index (χ3v) is 7.06. The van der Waals surface area contributed by atoms with Crippen molar-refractivity contribution in [1.82, 2.24) is 34.6 Å². The highest BCUT2D eigenvalue weighted by Crippen LogP contribution is 2.31. The van der Waals surface area contributed by atoms with E-state index in [1.54, 1.807) is 40.4 Å². The third-order valence-electron chi connectivity index (χ3n) is 7.06. The van der Waals surface area contributed by atoms with Crippen LogP contribution in [-0.4, -0.2) is 71.6 Å². The lowest BCUT2D eigenvalue weighted by molar-refractivity contribution is 0.0150. The third kappa shape index (κ3) is 4.88. The maximum absolute atomic E-state index is 14.3. The zero-order chi connectivity index (χ0) is 28.3. The van der Waals surface area contributed by atoms with E-state index >= 15 is 0 Å². The molecule has 3 aromatic heterocycles. The molecule has 0 saturated carbocycles. The lowest BCUT2D eigenvalue weighted by atomic mass is 9.87. The van der Waals surface area contributed by atoms with Crippen LogP contribution in [0, 0.1) is 19.7 Å². The number of piperazine rings is 1. The molecule has 1 aromatic carbocycles.